The van der Waals surface area contributed by atoms with Gasteiger partial charge in [-0.15, -0.1) is 0 Å². The summed E-state index contributed by atoms with van der Waals surface area (Å²) in [5.74, 6) is 1.66. The third-order valence-corrected chi connectivity index (χ3v) is 11.4. The van der Waals surface area contributed by atoms with Gasteiger partial charge in [0.25, 0.3) is 0 Å². The molecular weight excluding hydrogens is 689 g/mol. The summed E-state index contributed by atoms with van der Waals surface area (Å²) in [6.07, 6.45) is 17.9. The standard InChI is InChI=1S/C19H32O2.C17H34O.C16H32O/c1-18(2,3)10-9-14-11-16(20-7)17(21-8)12-15(14)13-19(4,5)6;1-15(2,3)8-7-9-17(14-16(4,5)6)10-12-18-13-11-17;1-14(2,3)8-7-9-16(10-11-17-13-16)12-15(4,5)6/h11-12H,9-10,13H2,1-8H3;7-14H2,1-6H3;7-13H2,1-6H3. The number of methoxy groups -OCH3 is 2. The highest BCUT2D eigenvalue weighted by Gasteiger charge is 2.38. The van der Waals surface area contributed by atoms with Crippen molar-refractivity contribution in [1.29, 1.82) is 0 Å². The quantitative estimate of drug-likeness (QED) is 0.200. The largest absolute Gasteiger partial charge is 0.493 e. The first-order valence-electron chi connectivity index (χ1n) is 22.7. The highest BCUT2D eigenvalue weighted by molar-refractivity contribution is 5.48. The summed E-state index contributed by atoms with van der Waals surface area (Å²) < 4.78 is 22.2. The second-order valence-electron chi connectivity index (χ2n) is 25.5. The lowest BCUT2D eigenvalue weighted by Gasteiger charge is -2.42. The molecule has 0 aliphatic carbocycles. The molecule has 1 unspecified atom stereocenters. The van der Waals surface area contributed by atoms with Crippen LogP contribution in [0.1, 0.15) is 213 Å². The molecule has 0 amide bonds. The first-order valence-corrected chi connectivity index (χ1v) is 22.7. The zero-order valence-corrected chi connectivity index (χ0v) is 41.5. The smallest absolute Gasteiger partial charge is 0.161 e. The summed E-state index contributed by atoms with van der Waals surface area (Å²) in [5.41, 5.74) is 6.22. The second-order valence-corrected chi connectivity index (χ2v) is 25.5. The van der Waals surface area contributed by atoms with Gasteiger partial charge in [-0.25, -0.2) is 0 Å². The van der Waals surface area contributed by atoms with Crippen LogP contribution < -0.4 is 9.47 Å². The van der Waals surface area contributed by atoms with E-state index < -0.39 is 0 Å². The zero-order valence-electron chi connectivity index (χ0n) is 41.5. The Morgan fingerprint density at radius 2 is 0.875 bits per heavy atom. The Hall–Kier alpha value is -1.26. The number of hydrogen-bond acceptors (Lipinski definition) is 4. The molecule has 330 valence electrons. The van der Waals surface area contributed by atoms with Gasteiger partial charge in [-0.1, -0.05) is 137 Å². The van der Waals surface area contributed by atoms with E-state index in [1.165, 1.54) is 88.2 Å². The highest BCUT2D eigenvalue weighted by atomic mass is 16.5. The lowest BCUT2D eigenvalue weighted by atomic mass is 9.66. The third-order valence-electron chi connectivity index (χ3n) is 11.4. The van der Waals surface area contributed by atoms with Crippen LogP contribution in [0.4, 0.5) is 0 Å². The van der Waals surface area contributed by atoms with Crippen LogP contribution in [0.3, 0.4) is 0 Å². The number of hydrogen-bond donors (Lipinski definition) is 0. The molecule has 0 spiro atoms. The first kappa shape index (κ1) is 52.8. The van der Waals surface area contributed by atoms with Gasteiger partial charge >= 0.3 is 0 Å². The lowest BCUT2D eigenvalue weighted by molar-refractivity contribution is -0.0131. The fraction of sp³-hybridized carbons (Fsp3) is 0.885. The zero-order chi connectivity index (χ0) is 43.3. The summed E-state index contributed by atoms with van der Waals surface area (Å²) in [5, 5.41) is 0. The number of rotatable bonds is 13. The molecule has 2 aliphatic rings. The monoisotopic (exact) mass is 787 g/mol. The van der Waals surface area contributed by atoms with Gasteiger partial charge in [0.05, 0.1) is 20.8 Å². The van der Waals surface area contributed by atoms with Crippen molar-refractivity contribution in [3.8, 4) is 11.5 Å². The van der Waals surface area contributed by atoms with E-state index in [0.29, 0.717) is 37.9 Å². The SMILES string of the molecule is CC(C)(C)CCCC1(CC(C)(C)C)CCOC1.CC(C)(C)CCCC1(CC(C)(C)C)CCOCC1.COc1cc(CCC(C)(C)C)c(CC(C)(C)C)cc1OC. The summed E-state index contributed by atoms with van der Waals surface area (Å²) in [7, 11) is 3.41. The van der Waals surface area contributed by atoms with Crippen LogP contribution in [0.5, 0.6) is 11.5 Å². The van der Waals surface area contributed by atoms with Crippen LogP contribution in [0.25, 0.3) is 0 Å². The van der Waals surface area contributed by atoms with Crippen molar-refractivity contribution in [3.05, 3.63) is 23.3 Å². The minimum absolute atomic E-state index is 0.260. The number of benzene rings is 1. The average Bonchev–Trinajstić information content (AvgIpc) is 3.44. The second kappa shape index (κ2) is 21.8. The van der Waals surface area contributed by atoms with E-state index in [0.717, 1.165) is 50.8 Å². The normalized spacial score (nSPS) is 19.4. The van der Waals surface area contributed by atoms with Crippen molar-refractivity contribution < 1.29 is 18.9 Å². The maximum Gasteiger partial charge on any atom is 0.161 e. The molecule has 0 N–H and O–H groups in total. The molecule has 0 saturated carbocycles. The Kier molecular flexibility index (Phi) is 20.6. The van der Waals surface area contributed by atoms with Crippen molar-refractivity contribution in [2.24, 2.45) is 43.3 Å². The fourth-order valence-corrected chi connectivity index (χ4v) is 9.07. The molecule has 2 aliphatic heterocycles. The predicted octanol–water partition coefficient (Wildman–Crippen LogP) is 15.8. The van der Waals surface area contributed by atoms with E-state index >= 15 is 0 Å². The average molecular weight is 787 g/mol. The van der Waals surface area contributed by atoms with Gasteiger partial charge in [0.2, 0.25) is 0 Å². The van der Waals surface area contributed by atoms with Crippen molar-refractivity contribution in [3.63, 3.8) is 0 Å². The Bertz CT molecular complexity index is 1220. The maximum absolute atomic E-state index is 5.69. The van der Waals surface area contributed by atoms with Crippen LogP contribution in [-0.4, -0.2) is 40.6 Å². The summed E-state index contributed by atoms with van der Waals surface area (Å²) in [6.45, 7) is 45.9. The van der Waals surface area contributed by atoms with Crippen LogP contribution in [-0.2, 0) is 22.3 Å². The molecule has 2 heterocycles. The fourth-order valence-electron chi connectivity index (χ4n) is 9.07. The Labute approximate surface area is 351 Å². The molecule has 4 heteroatoms. The van der Waals surface area contributed by atoms with Crippen LogP contribution in [0.15, 0.2) is 12.1 Å². The molecule has 2 saturated heterocycles. The van der Waals surface area contributed by atoms with E-state index in [1.54, 1.807) is 14.2 Å². The first-order chi connectivity index (χ1) is 25.3. The van der Waals surface area contributed by atoms with Crippen molar-refractivity contribution in [2.75, 3.05) is 40.6 Å². The highest BCUT2D eigenvalue weighted by Crippen LogP contribution is 2.46. The lowest BCUT2D eigenvalue weighted by Crippen LogP contribution is -2.33. The van der Waals surface area contributed by atoms with E-state index in [9.17, 15) is 0 Å². The van der Waals surface area contributed by atoms with Crippen molar-refractivity contribution in [1.82, 2.24) is 0 Å². The topological polar surface area (TPSA) is 36.9 Å². The molecular formula is C52H98O4. The summed E-state index contributed by atoms with van der Waals surface area (Å²) in [6, 6.07) is 4.31. The van der Waals surface area contributed by atoms with Gasteiger partial charge in [0, 0.05) is 19.8 Å². The van der Waals surface area contributed by atoms with Gasteiger partial charge < -0.3 is 18.9 Å². The molecule has 3 rings (SSSR count). The Morgan fingerprint density at radius 3 is 1.25 bits per heavy atom. The van der Waals surface area contributed by atoms with Crippen LogP contribution in [0, 0.1) is 43.3 Å². The molecule has 0 radical (unpaired) electrons. The number of aryl methyl sites for hydroxylation is 1. The predicted molar refractivity (Wildman–Crippen MR) is 246 cm³/mol. The van der Waals surface area contributed by atoms with Gasteiger partial charge in [-0.05, 0) is 144 Å². The van der Waals surface area contributed by atoms with E-state index in [2.05, 4.69) is 137 Å². The minimum atomic E-state index is 0.260. The summed E-state index contributed by atoms with van der Waals surface area (Å²) in [4.78, 5) is 0. The van der Waals surface area contributed by atoms with Gasteiger partial charge in [0.15, 0.2) is 11.5 Å². The van der Waals surface area contributed by atoms with Crippen molar-refractivity contribution in [2.45, 2.75) is 215 Å². The molecule has 0 aromatic heterocycles. The van der Waals surface area contributed by atoms with Crippen LogP contribution >= 0.6 is 0 Å². The van der Waals surface area contributed by atoms with Crippen LogP contribution in [0.2, 0.25) is 0 Å². The molecule has 56 heavy (non-hydrogen) atoms. The molecule has 0 bridgehead atoms. The molecule has 1 atom stereocenters. The molecule has 1 aromatic rings. The molecule has 1 aromatic carbocycles. The van der Waals surface area contributed by atoms with E-state index in [4.69, 9.17) is 18.9 Å². The third kappa shape index (κ3) is 24.0. The number of ether oxygens (including phenoxy) is 4. The van der Waals surface area contributed by atoms with Gasteiger partial charge in [0.1, 0.15) is 0 Å². The van der Waals surface area contributed by atoms with E-state index in [1.807, 2.05) is 0 Å². The summed E-state index contributed by atoms with van der Waals surface area (Å²) >= 11 is 0. The molecule has 4 nitrogen and oxygen atoms in total. The van der Waals surface area contributed by atoms with E-state index in [-0.39, 0.29) is 5.41 Å². The minimum Gasteiger partial charge on any atom is -0.493 e. The Morgan fingerprint density at radius 1 is 0.482 bits per heavy atom. The molecule has 2 fully saturated rings. The van der Waals surface area contributed by atoms with Crippen molar-refractivity contribution >= 4 is 0 Å². The Balaban J connectivity index is 0.000000423. The van der Waals surface area contributed by atoms with Gasteiger partial charge in [-0.3, -0.25) is 0 Å². The van der Waals surface area contributed by atoms with Gasteiger partial charge in [-0.2, -0.15) is 0 Å². The maximum atomic E-state index is 5.69.